The lowest BCUT2D eigenvalue weighted by atomic mass is 9.94. The molecule has 0 aliphatic carbocycles. The lowest BCUT2D eigenvalue weighted by Gasteiger charge is -2.33. The average Bonchev–Trinajstić information content (AvgIpc) is 3.22. The number of fused-ring (bicyclic) bond motifs is 1. The van der Waals surface area contributed by atoms with Crippen molar-refractivity contribution in [3.05, 3.63) is 63.7 Å². The Bertz CT molecular complexity index is 1530. The number of amides is 1. The summed E-state index contributed by atoms with van der Waals surface area (Å²) in [6, 6.07) is 2.09. The van der Waals surface area contributed by atoms with Gasteiger partial charge in [-0.1, -0.05) is 11.2 Å². The highest BCUT2D eigenvalue weighted by molar-refractivity contribution is 5.90. The molecule has 1 aliphatic rings. The molecule has 1 unspecified atom stereocenters. The standard InChI is InChI=1S/C28H29F9N6O2/c1-15-9-19-21(7-6-8-42(24(44)45-25(2,3)4)22(19)13-20(15)28(35,36)37)43(23-38-40-41(5)39-23)14-16-10-17(26(29,30)31)12-18(11-16)27(32,33)34/h9-13,21H,6-8,14H2,1-5H3. The molecular formula is C28H29F9N6O2. The molecule has 0 bridgehead atoms. The van der Waals surface area contributed by atoms with E-state index in [9.17, 15) is 44.3 Å². The molecule has 8 nitrogen and oxygen atoms in total. The molecule has 1 atom stereocenters. The Morgan fingerprint density at radius 3 is 2.02 bits per heavy atom. The van der Waals surface area contributed by atoms with E-state index in [2.05, 4.69) is 15.4 Å². The summed E-state index contributed by atoms with van der Waals surface area (Å²) in [6.45, 7) is 5.23. The Morgan fingerprint density at radius 2 is 1.53 bits per heavy atom. The van der Waals surface area contributed by atoms with Gasteiger partial charge in [-0.05, 0) is 86.7 Å². The first kappa shape index (κ1) is 33.8. The Balaban J connectivity index is 1.93. The number of benzene rings is 2. The summed E-state index contributed by atoms with van der Waals surface area (Å²) in [5.74, 6) is -0.206. The van der Waals surface area contributed by atoms with Crippen LogP contribution in [0, 0.1) is 6.92 Å². The monoisotopic (exact) mass is 652 g/mol. The molecule has 4 rings (SSSR count). The normalized spacial score (nSPS) is 16.3. The quantitative estimate of drug-likeness (QED) is 0.267. The van der Waals surface area contributed by atoms with E-state index in [0.29, 0.717) is 12.1 Å². The van der Waals surface area contributed by atoms with Crippen LogP contribution in [0.1, 0.15) is 73.0 Å². The summed E-state index contributed by atoms with van der Waals surface area (Å²) in [7, 11) is 1.38. The Morgan fingerprint density at radius 1 is 0.933 bits per heavy atom. The first-order chi connectivity index (χ1) is 20.5. The molecule has 0 radical (unpaired) electrons. The average molecular weight is 653 g/mol. The third kappa shape index (κ3) is 7.79. The number of alkyl halides is 9. The highest BCUT2D eigenvalue weighted by Crippen LogP contribution is 2.44. The topological polar surface area (TPSA) is 76.4 Å². The molecule has 246 valence electrons. The van der Waals surface area contributed by atoms with Gasteiger partial charge in [-0.25, -0.2) is 4.79 Å². The van der Waals surface area contributed by atoms with Crippen LogP contribution in [-0.4, -0.2) is 38.4 Å². The number of carbonyl (C=O) groups excluding carboxylic acids is 1. The van der Waals surface area contributed by atoms with E-state index in [0.717, 1.165) is 15.8 Å². The van der Waals surface area contributed by atoms with E-state index >= 15 is 0 Å². The molecule has 17 heteroatoms. The molecule has 1 amide bonds. The molecule has 0 fully saturated rings. The second-order valence-corrected chi connectivity index (χ2v) is 11.6. The van der Waals surface area contributed by atoms with Crippen molar-refractivity contribution >= 4 is 17.7 Å². The molecule has 0 saturated heterocycles. The molecule has 1 aliphatic heterocycles. The number of anilines is 2. The maximum absolute atomic E-state index is 14.0. The van der Waals surface area contributed by atoms with Crippen LogP contribution in [0.4, 0.5) is 55.9 Å². The number of nitrogens with zero attached hydrogens (tertiary/aromatic N) is 6. The minimum atomic E-state index is -5.11. The lowest BCUT2D eigenvalue weighted by Crippen LogP contribution is -2.37. The second kappa shape index (κ2) is 11.7. The van der Waals surface area contributed by atoms with Gasteiger partial charge in [0.15, 0.2) is 0 Å². The van der Waals surface area contributed by atoms with E-state index in [1.165, 1.54) is 24.9 Å². The van der Waals surface area contributed by atoms with Gasteiger partial charge >= 0.3 is 24.6 Å². The zero-order chi connectivity index (χ0) is 33.7. The van der Waals surface area contributed by atoms with Crippen LogP contribution in [0.25, 0.3) is 0 Å². The Kier molecular flexibility index (Phi) is 8.80. The van der Waals surface area contributed by atoms with Crippen molar-refractivity contribution in [1.29, 1.82) is 0 Å². The smallest absolute Gasteiger partial charge is 0.416 e. The highest BCUT2D eigenvalue weighted by Gasteiger charge is 2.40. The van der Waals surface area contributed by atoms with Gasteiger partial charge < -0.3 is 9.64 Å². The fourth-order valence-corrected chi connectivity index (χ4v) is 5.09. The number of carbonyl (C=O) groups is 1. The van der Waals surface area contributed by atoms with Gasteiger partial charge in [-0.2, -0.15) is 44.3 Å². The van der Waals surface area contributed by atoms with Gasteiger partial charge in [0.1, 0.15) is 5.60 Å². The van der Waals surface area contributed by atoms with Crippen LogP contribution in [0.3, 0.4) is 0 Å². The number of rotatable bonds is 4. The molecule has 0 N–H and O–H groups in total. The number of tetrazole rings is 1. The van der Waals surface area contributed by atoms with Crippen molar-refractivity contribution in [2.45, 2.75) is 77.3 Å². The number of hydrogen-bond donors (Lipinski definition) is 0. The van der Waals surface area contributed by atoms with Crippen LogP contribution >= 0.6 is 0 Å². The predicted molar refractivity (Wildman–Crippen MR) is 143 cm³/mol. The van der Waals surface area contributed by atoms with Crippen molar-refractivity contribution in [2.24, 2.45) is 7.05 Å². The summed E-state index contributed by atoms with van der Waals surface area (Å²) in [4.78, 5) is 16.6. The van der Waals surface area contributed by atoms with E-state index in [1.807, 2.05) is 0 Å². The zero-order valence-corrected chi connectivity index (χ0v) is 24.7. The van der Waals surface area contributed by atoms with Crippen LogP contribution in [0.2, 0.25) is 0 Å². The van der Waals surface area contributed by atoms with Gasteiger partial charge in [0.25, 0.3) is 5.95 Å². The fraction of sp³-hybridized carbons (Fsp3) is 0.500. The molecule has 2 aromatic carbocycles. The summed E-state index contributed by atoms with van der Waals surface area (Å²) >= 11 is 0. The van der Waals surface area contributed by atoms with Crippen molar-refractivity contribution in [1.82, 2.24) is 20.2 Å². The SMILES string of the molecule is Cc1cc2c(cc1C(F)(F)F)N(C(=O)OC(C)(C)C)CCCC2N(Cc1cc(C(F)(F)F)cc(C(F)(F)F)c1)c1nnn(C)n1. The van der Waals surface area contributed by atoms with Gasteiger partial charge in [0.2, 0.25) is 0 Å². The Hall–Kier alpha value is -4.05. The minimum Gasteiger partial charge on any atom is -0.443 e. The number of ether oxygens (including phenoxy) is 1. The highest BCUT2D eigenvalue weighted by atomic mass is 19.4. The first-order valence-corrected chi connectivity index (χ1v) is 13.6. The number of aromatic nitrogens is 4. The van der Waals surface area contributed by atoms with Gasteiger partial charge in [-0.15, -0.1) is 5.10 Å². The van der Waals surface area contributed by atoms with E-state index < -0.39 is 65.1 Å². The summed E-state index contributed by atoms with van der Waals surface area (Å²) in [5, 5.41) is 11.7. The van der Waals surface area contributed by atoms with Crippen molar-refractivity contribution in [3.63, 3.8) is 0 Å². The molecule has 0 saturated carbocycles. The molecular weight excluding hydrogens is 623 g/mol. The van der Waals surface area contributed by atoms with Crippen molar-refractivity contribution < 1.29 is 49.0 Å². The lowest BCUT2D eigenvalue weighted by molar-refractivity contribution is -0.143. The molecule has 2 heterocycles. The van der Waals surface area contributed by atoms with Crippen LogP contribution < -0.4 is 9.80 Å². The molecule has 0 spiro atoms. The zero-order valence-electron chi connectivity index (χ0n) is 24.7. The van der Waals surface area contributed by atoms with Crippen molar-refractivity contribution in [2.75, 3.05) is 16.3 Å². The third-order valence-electron chi connectivity index (χ3n) is 6.93. The molecule has 45 heavy (non-hydrogen) atoms. The maximum Gasteiger partial charge on any atom is 0.416 e. The molecule has 1 aromatic heterocycles. The van der Waals surface area contributed by atoms with Crippen LogP contribution in [0.5, 0.6) is 0 Å². The maximum atomic E-state index is 14.0. The summed E-state index contributed by atoms with van der Waals surface area (Å²) in [6.07, 6.45) is -15.7. The Labute approximate surface area is 251 Å². The number of aryl methyl sites for hydroxylation is 2. The van der Waals surface area contributed by atoms with Crippen LogP contribution in [0.15, 0.2) is 30.3 Å². The first-order valence-electron chi connectivity index (χ1n) is 13.6. The predicted octanol–water partition coefficient (Wildman–Crippen LogP) is 7.86. The fourth-order valence-electron chi connectivity index (χ4n) is 5.09. The summed E-state index contributed by atoms with van der Waals surface area (Å²) < 4.78 is 130. The third-order valence-corrected chi connectivity index (χ3v) is 6.93. The number of hydrogen-bond acceptors (Lipinski definition) is 6. The van der Waals surface area contributed by atoms with Gasteiger partial charge in [0, 0.05) is 13.1 Å². The number of halogens is 9. The van der Waals surface area contributed by atoms with Gasteiger partial charge in [-0.3, -0.25) is 4.90 Å². The largest absolute Gasteiger partial charge is 0.443 e. The van der Waals surface area contributed by atoms with Crippen molar-refractivity contribution in [3.8, 4) is 0 Å². The second-order valence-electron chi connectivity index (χ2n) is 11.6. The van der Waals surface area contributed by atoms with E-state index in [4.69, 9.17) is 4.74 Å². The molecule has 3 aromatic rings. The minimum absolute atomic E-state index is 0.00387. The summed E-state index contributed by atoms with van der Waals surface area (Å²) in [5.41, 5.74) is -5.80. The van der Waals surface area contributed by atoms with Crippen LogP contribution in [-0.2, 0) is 36.9 Å². The van der Waals surface area contributed by atoms with Gasteiger partial charge in [0.05, 0.1) is 35.5 Å². The van der Waals surface area contributed by atoms with E-state index in [-0.39, 0.29) is 48.2 Å². The van der Waals surface area contributed by atoms with E-state index in [1.54, 1.807) is 20.8 Å².